The Morgan fingerprint density at radius 2 is 2.15 bits per heavy atom. The van der Waals surface area contributed by atoms with Crippen molar-refractivity contribution in [3.05, 3.63) is 6.33 Å². The molecule has 148 valence electrons. The van der Waals surface area contributed by atoms with Gasteiger partial charge < -0.3 is 21.3 Å². The molecule has 10 nitrogen and oxygen atoms in total. The van der Waals surface area contributed by atoms with Crippen LogP contribution in [0.3, 0.4) is 0 Å². The number of hydrogen-bond donors (Lipinski definition) is 5. The van der Waals surface area contributed by atoms with Crippen LogP contribution in [-0.4, -0.2) is 60.1 Å². The van der Waals surface area contributed by atoms with Crippen molar-refractivity contribution in [2.45, 2.75) is 48.7 Å². The number of nitrogens with zero attached hydrogens (tertiary/aromatic N) is 2. The maximum Gasteiger partial charge on any atom is 0.329 e. The van der Waals surface area contributed by atoms with Gasteiger partial charge in [0.25, 0.3) is 0 Å². The van der Waals surface area contributed by atoms with Crippen molar-refractivity contribution in [3.63, 3.8) is 0 Å². The van der Waals surface area contributed by atoms with E-state index in [4.69, 9.17) is 5.73 Å². The number of carboxylic acids is 2. The Hall–Kier alpha value is -2.14. The molecule has 0 aromatic carbocycles. The van der Waals surface area contributed by atoms with Crippen molar-refractivity contribution in [1.29, 1.82) is 0 Å². The van der Waals surface area contributed by atoms with E-state index < -0.39 is 41.3 Å². The molecule has 1 amide bonds. The average Bonchev–Trinajstić information content (AvgIpc) is 2.97. The number of carbonyl (C=O) groups is 3. The zero-order valence-electron chi connectivity index (χ0n) is 15.0. The zero-order chi connectivity index (χ0) is 19.9. The van der Waals surface area contributed by atoms with Crippen LogP contribution in [-0.2, 0) is 14.4 Å². The largest absolute Gasteiger partial charge is 0.481 e. The van der Waals surface area contributed by atoms with Crippen molar-refractivity contribution in [2.24, 2.45) is 29.4 Å². The summed E-state index contributed by atoms with van der Waals surface area (Å²) in [6, 6.07) is -0.845. The van der Waals surface area contributed by atoms with E-state index in [1.807, 2.05) is 13.8 Å². The van der Waals surface area contributed by atoms with Crippen LogP contribution in [0.5, 0.6) is 0 Å². The summed E-state index contributed by atoms with van der Waals surface area (Å²) < 4.78 is 0. The minimum absolute atomic E-state index is 0.104. The Bertz CT molecular complexity index is 742. The molecule has 27 heavy (non-hydrogen) atoms. The summed E-state index contributed by atoms with van der Waals surface area (Å²) >= 11 is 1.26. The van der Waals surface area contributed by atoms with Crippen LogP contribution in [0.4, 0.5) is 0 Å². The second kappa shape index (κ2) is 7.12. The van der Waals surface area contributed by atoms with Crippen molar-refractivity contribution < 1.29 is 24.6 Å². The third-order valence-electron chi connectivity index (χ3n) is 5.33. The van der Waals surface area contributed by atoms with Gasteiger partial charge in [0.2, 0.25) is 5.91 Å². The first kappa shape index (κ1) is 19.6. The van der Waals surface area contributed by atoms with Crippen LogP contribution in [0.1, 0.15) is 26.7 Å². The fraction of sp³-hybridized carbons (Fsp3) is 0.688. The average molecular weight is 397 g/mol. The van der Waals surface area contributed by atoms with Gasteiger partial charge in [-0.2, -0.15) is 5.10 Å². The molecule has 2 aliphatic rings. The van der Waals surface area contributed by atoms with Crippen LogP contribution in [0, 0.1) is 23.7 Å². The lowest BCUT2D eigenvalue weighted by Gasteiger charge is -2.31. The van der Waals surface area contributed by atoms with Gasteiger partial charge in [0.05, 0.1) is 12.0 Å². The molecule has 6 N–H and O–H groups in total. The molecule has 2 aliphatic carbocycles. The van der Waals surface area contributed by atoms with Gasteiger partial charge in [-0.25, -0.2) is 9.78 Å². The third-order valence-corrected chi connectivity index (χ3v) is 6.53. The first-order valence-corrected chi connectivity index (χ1v) is 9.61. The zero-order valence-corrected chi connectivity index (χ0v) is 15.8. The van der Waals surface area contributed by atoms with Gasteiger partial charge in [-0.15, -0.1) is 0 Å². The molecule has 3 rings (SSSR count). The van der Waals surface area contributed by atoms with Crippen LogP contribution in [0.15, 0.2) is 11.5 Å². The molecule has 6 atom stereocenters. The first-order chi connectivity index (χ1) is 12.7. The molecule has 11 heteroatoms. The van der Waals surface area contributed by atoms with E-state index in [0.29, 0.717) is 11.6 Å². The van der Waals surface area contributed by atoms with E-state index in [-0.39, 0.29) is 23.5 Å². The minimum atomic E-state index is -1.64. The summed E-state index contributed by atoms with van der Waals surface area (Å²) in [7, 11) is 0. The van der Waals surface area contributed by atoms with Crippen molar-refractivity contribution >= 4 is 29.6 Å². The van der Waals surface area contributed by atoms with Crippen LogP contribution in [0.2, 0.25) is 0 Å². The van der Waals surface area contributed by atoms with Crippen molar-refractivity contribution in [1.82, 2.24) is 20.5 Å². The normalized spacial score (nSPS) is 32.7. The number of aromatic amines is 1. The van der Waals surface area contributed by atoms with Crippen molar-refractivity contribution in [3.8, 4) is 0 Å². The number of hydrogen-bond acceptors (Lipinski definition) is 7. The highest BCUT2D eigenvalue weighted by atomic mass is 32.2. The Morgan fingerprint density at radius 1 is 1.44 bits per heavy atom. The summed E-state index contributed by atoms with van der Waals surface area (Å²) in [4.78, 5) is 40.3. The lowest BCUT2D eigenvalue weighted by atomic mass is 9.89. The van der Waals surface area contributed by atoms with Gasteiger partial charge in [-0.1, -0.05) is 25.6 Å². The monoisotopic (exact) mass is 397 g/mol. The Morgan fingerprint density at radius 3 is 2.67 bits per heavy atom. The SMILES string of the molecule is CC(C)CC(N)C(=O)NC1(C(=O)O)CC(Sc2ncn[nH]2)C2C(C(=O)O)C21. The first-order valence-electron chi connectivity index (χ1n) is 8.73. The fourth-order valence-corrected chi connectivity index (χ4v) is 5.54. The van der Waals surface area contributed by atoms with Crippen molar-refractivity contribution in [2.75, 3.05) is 0 Å². The number of carboxylic acid groups (broad SMARTS) is 2. The molecule has 0 saturated heterocycles. The van der Waals surface area contributed by atoms with Crippen LogP contribution in [0.25, 0.3) is 0 Å². The maximum atomic E-state index is 12.5. The minimum Gasteiger partial charge on any atom is -0.481 e. The summed E-state index contributed by atoms with van der Waals surface area (Å²) in [5, 5.41) is 28.6. The van der Waals surface area contributed by atoms with Gasteiger partial charge in [-0.3, -0.25) is 14.7 Å². The topological polar surface area (TPSA) is 171 Å². The summed E-state index contributed by atoms with van der Waals surface area (Å²) in [6.07, 6.45) is 1.84. The quantitative estimate of drug-likeness (QED) is 0.402. The van der Waals surface area contributed by atoms with E-state index in [9.17, 15) is 24.6 Å². The summed E-state index contributed by atoms with van der Waals surface area (Å²) in [5.74, 6) is -4.54. The molecule has 2 saturated carbocycles. The van der Waals surface area contributed by atoms with Gasteiger partial charge >= 0.3 is 11.9 Å². The van der Waals surface area contributed by atoms with Gasteiger partial charge in [-0.05, 0) is 24.7 Å². The number of amides is 1. The van der Waals surface area contributed by atoms with Gasteiger partial charge in [0, 0.05) is 11.2 Å². The highest BCUT2D eigenvalue weighted by Crippen LogP contribution is 2.65. The molecular formula is C16H23N5O5S. The number of H-pyrrole nitrogens is 1. The van der Waals surface area contributed by atoms with E-state index in [2.05, 4.69) is 20.5 Å². The Balaban J connectivity index is 1.84. The number of nitrogens with one attached hydrogen (secondary N) is 2. The lowest BCUT2D eigenvalue weighted by molar-refractivity contribution is -0.150. The molecule has 0 radical (unpaired) electrons. The molecule has 0 aliphatic heterocycles. The fourth-order valence-electron chi connectivity index (χ4n) is 4.20. The lowest BCUT2D eigenvalue weighted by Crippen LogP contribution is -2.60. The number of fused-ring (bicyclic) bond motifs is 1. The van der Waals surface area contributed by atoms with E-state index in [1.165, 1.54) is 18.1 Å². The molecular weight excluding hydrogens is 374 g/mol. The summed E-state index contributed by atoms with van der Waals surface area (Å²) in [5.41, 5.74) is 4.26. The second-order valence-electron chi connectivity index (χ2n) is 7.62. The Labute approximate surface area is 159 Å². The third kappa shape index (κ3) is 3.53. The molecule has 2 fully saturated rings. The number of aromatic nitrogens is 3. The highest BCUT2D eigenvalue weighted by Gasteiger charge is 2.75. The number of rotatable bonds is 8. The second-order valence-corrected chi connectivity index (χ2v) is 8.85. The predicted octanol–water partition coefficient (Wildman–Crippen LogP) is -0.0711. The smallest absolute Gasteiger partial charge is 0.329 e. The number of carbonyl (C=O) groups excluding carboxylic acids is 1. The predicted molar refractivity (Wildman–Crippen MR) is 94.7 cm³/mol. The number of nitrogens with two attached hydrogens (primary N) is 1. The standard InChI is InChI=1S/C16H23N5O5S/c1-6(2)3-7(17)12(22)20-16(14(25)26)4-8(27-15-18-5-19-21-15)9-10(11(9)16)13(23)24/h5-11H,3-4,17H2,1-2H3,(H,20,22)(H,23,24)(H,25,26)(H,18,19,21). The van der Waals surface area contributed by atoms with E-state index in [0.717, 1.165) is 0 Å². The molecule has 1 heterocycles. The van der Waals surface area contributed by atoms with Crippen LogP contribution < -0.4 is 11.1 Å². The molecule has 0 spiro atoms. The van der Waals surface area contributed by atoms with E-state index >= 15 is 0 Å². The summed E-state index contributed by atoms with van der Waals surface area (Å²) in [6.45, 7) is 3.83. The van der Waals surface area contributed by atoms with Crippen LogP contribution >= 0.6 is 11.8 Å². The number of thioether (sulfide) groups is 1. The molecule has 6 unspecified atom stereocenters. The van der Waals surface area contributed by atoms with Gasteiger partial charge in [0.15, 0.2) is 5.16 Å². The molecule has 0 bridgehead atoms. The molecule has 1 aromatic rings. The molecule has 1 aromatic heterocycles. The Kier molecular flexibility index (Phi) is 5.17. The maximum absolute atomic E-state index is 12.5. The number of aliphatic carboxylic acids is 2. The van der Waals surface area contributed by atoms with Gasteiger partial charge in [0.1, 0.15) is 11.9 Å². The van der Waals surface area contributed by atoms with E-state index in [1.54, 1.807) is 0 Å². The highest BCUT2D eigenvalue weighted by molar-refractivity contribution is 7.99.